The fourth-order valence-corrected chi connectivity index (χ4v) is 6.64. The number of anilines is 2. The standard InChI is InChI=1S/C31H40N6O3S/c1-34-15-13-31(14-16-34,29(39)32-24-7-9-25(10-8-24)35-17-19-40-20-18-35)37(26-11-12-26)28(38)22-36-21-27(33-30(36)41)23-5-3-2-4-6-23/h2-10,26-27H,11-22H2,1H3,(H,32,39)(H,33,41). The Morgan fingerprint density at radius 3 is 2.37 bits per heavy atom. The van der Waals surface area contributed by atoms with Gasteiger partial charge in [0, 0.05) is 50.1 Å². The van der Waals surface area contributed by atoms with Crippen molar-refractivity contribution in [3.63, 3.8) is 0 Å². The van der Waals surface area contributed by atoms with Crippen LogP contribution in [0.15, 0.2) is 54.6 Å². The highest BCUT2D eigenvalue weighted by molar-refractivity contribution is 7.80. The summed E-state index contributed by atoms with van der Waals surface area (Å²) in [7, 11) is 2.08. The largest absolute Gasteiger partial charge is 0.378 e. The number of likely N-dealkylation sites (tertiary alicyclic amines) is 1. The first-order valence-corrected chi connectivity index (χ1v) is 15.2. The van der Waals surface area contributed by atoms with E-state index in [9.17, 15) is 9.59 Å². The Balaban J connectivity index is 1.19. The molecule has 2 aromatic rings. The molecule has 3 aliphatic heterocycles. The van der Waals surface area contributed by atoms with Crippen LogP contribution in [0.2, 0.25) is 0 Å². The average molecular weight is 577 g/mol. The molecule has 0 radical (unpaired) electrons. The van der Waals surface area contributed by atoms with Crippen molar-refractivity contribution in [1.82, 2.24) is 20.0 Å². The molecule has 0 spiro atoms. The first-order chi connectivity index (χ1) is 19.9. The second kappa shape index (κ2) is 12.0. The van der Waals surface area contributed by atoms with Crippen molar-refractivity contribution in [2.75, 3.05) is 69.7 Å². The maximum atomic E-state index is 14.2. The van der Waals surface area contributed by atoms with Crippen LogP contribution in [0.25, 0.3) is 0 Å². The van der Waals surface area contributed by atoms with E-state index < -0.39 is 5.54 Å². The third-order valence-electron chi connectivity index (χ3n) is 8.90. The SMILES string of the molecule is CN1CCC(C(=O)Nc2ccc(N3CCOCC3)cc2)(N(C(=O)CN2CC(c3ccccc3)NC2=S)C2CC2)CC1. The number of nitrogens with one attached hydrogen (secondary N) is 2. The second-order valence-electron chi connectivity index (χ2n) is 11.7. The fraction of sp³-hybridized carbons (Fsp3) is 0.516. The molecule has 2 N–H and O–H groups in total. The lowest BCUT2D eigenvalue weighted by Gasteiger charge is -2.47. The molecule has 2 amide bonds. The third kappa shape index (κ3) is 6.05. The molecule has 218 valence electrons. The number of rotatable bonds is 8. The van der Waals surface area contributed by atoms with Crippen LogP contribution in [0.5, 0.6) is 0 Å². The summed E-state index contributed by atoms with van der Waals surface area (Å²) in [4.78, 5) is 36.7. The Morgan fingerprint density at radius 2 is 1.71 bits per heavy atom. The number of carbonyl (C=O) groups is 2. The zero-order valence-electron chi connectivity index (χ0n) is 23.8. The van der Waals surface area contributed by atoms with Gasteiger partial charge in [-0.25, -0.2) is 0 Å². The monoisotopic (exact) mass is 576 g/mol. The lowest BCUT2D eigenvalue weighted by atomic mass is 9.84. The molecular weight excluding hydrogens is 536 g/mol. The van der Waals surface area contributed by atoms with E-state index >= 15 is 0 Å². The van der Waals surface area contributed by atoms with Crippen LogP contribution in [0.4, 0.5) is 11.4 Å². The smallest absolute Gasteiger partial charge is 0.250 e. The zero-order chi connectivity index (χ0) is 28.4. The summed E-state index contributed by atoms with van der Waals surface area (Å²) in [5.74, 6) is -0.109. The normalized spacial score (nSPS) is 22.8. The van der Waals surface area contributed by atoms with Gasteiger partial charge in [0.2, 0.25) is 11.8 Å². The van der Waals surface area contributed by atoms with Crippen LogP contribution in [0.3, 0.4) is 0 Å². The van der Waals surface area contributed by atoms with Crippen molar-refractivity contribution >= 4 is 40.5 Å². The predicted molar refractivity (Wildman–Crippen MR) is 164 cm³/mol. The number of piperidine rings is 1. The van der Waals surface area contributed by atoms with Gasteiger partial charge >= 0.3 is 0 Å². The van der Waals surface area contributed by atoms with Crippen LogP contribution >= 0.6 is 12.2 Å². The summed E-state index contributed by atoms with van der Waals surface area (Å²) in [6.07, 6.45) is 3.08. The van der Waals surface area contributed by atoms with E-state index in [-0.39, 0.29) is 30.4 Å². The van der Waals surface area contributed by atoms with Crippen molar-refractivity contribution in [2.24, 2.45) is 0 Å². The number of amides is 2. The Kier molecular flexibility index (Phi) is 8.14. The highest BCUT2D eigenvalue weighted by atomic mass is 32.1. The topological polar surface area (TPSA) is 80.4 Å². The number of benzene rings is 2. The summed E-state index contributed by atoms with van der Waals surface area (Å²) in [6.45, 7) is 5.51. The molecule has 10 heteroatoms. The van der Waals surface area contributed by atoms with Gasteiger partial charge in [0.05, 0.1) is 25.8 Å². The van der Waals surface area contributed by atoms with Crippen molar-refractivity contribution in [2.45, 2.75) is 43.3 Å². The summed E-state index contributed by atoms with van der Waals surface area (Å²) in [6, 6.07) is 18.4. The average Bonchev–Trinajstić information content (AvgIpc) is 3.77. The van der Waals surface area contributed by atoms with Gasteiger partial charge in [0.25, 0.3) is 0 Å². The van der Waals surface area contributed by atoms with Crippen molar-refractivity contribution in [1.29, 1.82) is 0 Å². The predicted octanol–water partition coefficient (Wildman–Crippen LogP) is 2.85. The van der Waals surface area contributed by atoms with E-state index in [1.807, 2.05) is 40.1 Å². The number of nitrogens with zero attached hydrogens (tertiary/aromatic N) is 4. The molecule has 4 aliphatic rings. The number of morpholine rings is 1. The Labute approximate surface area is 247 Å². The number of thiocarbonyl (C=S) groups is 1. The van der Waals surface area contributed by atoms with E-state index in [2.05, 4.69) is 51.7 Å². The van der Waals surface area contributed by atoms with Crippen molar-refractivity contribution in [3.8, 4) is 0 Å². The van der Waals surface area contributed by atoms with Crippen molar-refractivity contribution in [3.05, 3.63) is 60.2 Å². The van der Waals surface area contributed by atoms with E-state index in [1.165, 1.54) is 0 Å². The summed E-state index contributed by atoms with van der Waals surface area (Å²) >= 11 is 5.65. The van der Waals surface area contributed by atoms with Gasteiger partial charge in [-0.05, 0) is 74.8 Å². The van der Waals surface area contributed by atoms with Gasteiger partial charge in [-0.1, -0.05) is 30.3 Å². The third-order valence-corrected chi connectivity index (χ3v) is 9.27. The maximum Gasteiger partial charge on any atom is 0.250 e. The van der Waals surface area contributed by atoms with Gasteiger partial charge in [-0.2, -0.15) is 0 Å². The molecule has 3 heterocycles. The van der Waals surface area contributed by atoms with Gasteiger partial charge in [0.1, 0.15) is 5.54 Å². The van der Waals surface area contributed by atoms with Crippen LogP contribution in [0.1, 0.15) is 37.3 Å². The summed E-state index contributed by atoms with van der Waals surface area (Å²) in [5, 5.41) is 7.17. The molecule has 6 rings (SSSR count). The Morgan fingerprint density at radius 1 is 1.02 bits per heavy atom. The molecule has 1 unspecified atom stereocenters. The highest BCUT2D eigenvalue weighted by Gasteiger charge is 2.53. The summed E-state index contributed by atoms with van der Waals surface area (Å²) < 4.78 is 5.47. The lowest BCUT2D eigenvalue weighted by Crippen LogP contribution is -2.65. The minimum Gasteiger partial charge on any atom is -0.378 e. The lowest BCUT2D eigenvalue weighted by molar-refractivity contribution is -0.149. The number of hydrogen-bond acceptors (Lipinski definition) is 6. The molecule has 1 atom stereocenters. The van der Waals surface area contributed by atoms with Gasteiger partial charge in [-0.3, -0.25) is 9.59 Å². The van der Waals surface area contributed by atoms with Crippen molar-refractivity contribution < 1.29 is 14.3 Å². The quantitative estimate of drug-likeness (QED) is 0.465. The number of ether oxygens (including phenoxy) is 1. The maximum absolute atomic E-state index is 14.2. The first kappa shape index (κ1) is 27.9. The van der Waals surface area contributed by atoms with Gasteiger partial charge < -0.3 is 35.0 Å². The molecule has 1 aliphatic carbocycles. The van der Waals surface area contributed by atoms with Crippen LogP contribution in [-0.4, -0.2) is 103 Å². The van der Waals surface area contributed by atoms with Crippen LogP contribution < -0.4 is 15.5 Å². The molecule has 3 saturated heterocycles. The van der Waals surface area contributed by atoms with Gasteiger partial charge in [0.15, 0.2) is 5.11 Å². The molecule has 2 aromatic carbocycles. The van der Waals surface area contributed by atoms with E-state index in [0.717, 1.165) is 69.2 Å². The molecule has 4 fully saturated rings. The minimum atomic E-state index is -0.888. The van der Waals surface area contributed by atoms with Crippen LogP contribution in [-0.2, 0) is 14.3 Å². The van der Waals surface area contributed by atoms with E-state index in [4.69, 9.17) is 17.0 Å². The van der Waals surface area contributed by atoms with Gasteiger partial charge in [-0.15, -0.1) is 0 Å². The number of hydrogen-bond donors (Lipinski definition) is 2. The molecule has 1 saturated carbocycles. The second-order valence-corrected chi connectivity index (χ2v) is 12.1. The molecule has 0 bridgehead atoms. The Hall–Kier alpha value is -3.21. The number of carbonyl (C=O) groups excluding carboxylic acids is 2. The highest BCUT2D eigenvalue weighted by Crippen LogP contribution is 2.40. The zero-order valence-corrected chi connectivity index (χ0v) is 24.6. The van der Waals surface area contributed by atoms with E-state index in [0.29, 0.717) is 24.5 Å². The summed E-state index contributed by atoms with van der Waals surface area (Å²) in [5.41, 5.74) is 2.14. The first-order valence-electron chi connectivity index (χ1n) is 14.8. The molecule has 9 nitrogen and oxygen atoms in total. The van der Waals surface area contributed by atoms with E-state index in [1.54, 1.807) is 0 Å². The van der Waals surface area contributed by atoms with Crippen LogP contribution in [0, 0.1) is 0 Å². The molecule has 0 aromatic heterocycles. The molecule has 41 heavy (non-hydrogen) atoms. The molecular formula is C31H40N6O3S. The Bertz CT molecular complexity index is 1240. The minimum absolute atomic E-state index is 0.0206. The fourth-order valence-electron chi connectivity index (χ4n) is 6.35.